The summed E-state index contributed by atoms with van der Waals surface area (Å²) in [5.74, 6) is -1.43. The van der Waals surface area contributed by atoms with Crippen molar-refractivity contribution in [2.24, 2.45) is 0 Å². The van der Waals surface area contributed by atoms with Crippen LogP contribution in [0, 0.1) is 0 Å². The van der Waals surface area contributed by atoms with Crippen LogP contribution in [0.2, 0.25) is 0 Å². The lowest BCUT2D eigenvalue weighted by Gasteiger charge is -2.43. The summed E-state index contributed by atoms with van der Waals surface area (Å²) in [4.78, 5) is 16.7. The summed E-state index contributed by atoms with van der Waals surface area (Å²) in [5.41, 5.74) is -0.588. The lowest BCUT2D eigenvalue weighted by atomic mass is 9.59. The predicted octanol–water partition coefficient (Wildman–Crippen LogP) is 3.47. The molecular formula is C23H23F3N4O5. The molecular weight excluding hydrogens is 469 g/mol. The average Bonchev–Trinajstić information content (AvgIpc) is 3.53. The van der Waals surface area contributed by atoms with E-state index in [1.54, 1.807) is 4.68 Å². The molecule has 1 spiro atoms. The van der Waals surface area contributed by atoms with E-state index in [9.17, 15) is 18.0 Å². The Labute approximate surface area is 197 Å². The van der Waals surface area contributed by atoms with Gasteiger partial charge < -0.3 is 23.6 Å². The van der Waals surface area contributed by atoms with Gasteiger partial charge in [0.25, 0.3) is 5.91 Å². The van der Waals surface area contributed by atoms with Crippen LogP contribution in [0.3, 0.4) is 0 Å². The van der Waals surface area contributed by atoms with Crippen molar-refractivity contribution in [1.29, 1.82) is 0 Å². The van der Waals surface area contributed by atoms with Gasteiger partial charge in [0.1, 0.15) is 29.4 Å². The van der Waals surface area contributed by atoms with Gasteiger partial charge in [0.2, 0.25) is 11.7 Å². The number of hydrogen-bond donors (Lipinski definition) is 1. The summed E-state index contributed by atoms with van der Waals surface area (Å²) in [5, 5.41) is 6.97. The molecule has 1 saturated carbocycles. The minimum Gasteiger partial charge on any atom is -0.454 e. The SMILES string of the molecule is O=C(NCc1ncco1)c1oc2c(c1C(F)(F)F)-c1nn(C[C@H]3COCCO3)cc1C1(CCC1)C2. The second-order valence-electron chi connectivity index (χ2n) is 9.20. The van der Waals surface area contributed by atoms with Gasteiger partial charge in [-0.3, -0.25) is 9.48 Å². The number of alkyl halides is 3. The van der Waals surface area contributed by atoms with Gasteiger partial charge in [-0.1, -0.05) is 6.42 Å². The number of halogens is 3. The lowest BCUT2D eigenvalue weighted by Crippen LogP contribution is -2.38. The molecule has 0 unspecified atom stereocenters. The van der Waals surface area contributed by atoms with E-state index in [2.05, 4.69) is 15.4 Å². The monoisotopic (exact) mass is 492 g/mol. The fourth-order valence-corrected chi connectivity index (χ4v) is 5.25. The number of rotatable bonds is 5. The normalized spacial score (nSPS) is 20.8. The third kappa shape index (κ3) is 3.84. The predicted molar refractivity (Wildman–Crippen MR) is 112 cm³/mol. The first-order valence-electron chi connectivity index (χ1n) is 11.5. The number of nitrogens with one attached hydrogen (secondary N) is 1. The molecule has 2 aliphatic carbocycles. The second kappa shape index (κ2) is 8.23. The molecule has 1 N–H and O–H groups in total. The van der Waals surface area contributed by atoms with E-state index < -0.39 is 23.4 Å². The quantitative estimate of drug-likeness (QED) is 0.582. The molecule has 3 aromatic rings. The zero-order valence-electron chi connectivity index (χ0n) is 18.7. The van der Waals surface area contributed by atoms with E-state index in [1.165, 1.54) is 12.5 Å². The zero-order valence-corrected chi connectivity index (χ0v) is 18.7. The van der Waals surface area contributed by atoms with E-state index in [0.29, 0.717) is 32.8 Å². The third-order valence-corrected chi connectivity index (χ3v) is 7.01. The summed E-state index contributed by atoms with van der Waals surface area (Å²) in [6.45, 7) is 1.58. The van der Waals surface area contributed by atoms with Crippen LogP contribution in [0.15, 0.2) is 27.5 Å². The number of nitrogens with zero attached hydrogens (tertiary/aromatic N) is 3. The van der Waals surface area contributed by atoms with Crippen molar-refractivity contribution in [1.82, 2.24) is 20.1 Å². The van der Waals surface area contributed by atoms with Crippen LogP contribution in [-0.2, 0) is 40.6 Å². The standard InChI is InChI=1S/C23H23F3N4O5/c24-23(25,26)18-17-15(35-20(18)21(31)28-9-16-27-4-5-34-16)8-22(2-1-3-22)14-11-30(29-19(14)17)10-13-12-32-6-7-33-13/h4-5,11,13H,1-3,6-10,12H2,(H,28,31)/t13-/m0/s1. The van der Waals surface area contributed by atoms with Crippen LogP contribution >= 0.6 is 0 Å². The largest absolute Gasteiger partial charge is 0.454 e. The molecule has 186 valence electrons. The molecule has 3 aliphatic rings. The molecule has 0 radical (unpaired) electrons. The highest BCUT2D eigenvalue weighted by Crippen LogP contribution is 2.56. The Morgan fingerprint density at radius 3 is 2.80 bits per heavy atom. The molecule has 9 nitrogen and oxygen atoms in total. The Hall–Kier alpha value is -3.12. The van der Waals surface area contributed by atoms with E-state index in [-0.39, 0.29) is 41.0 Å². The van der Waals surface area contributed by atoms with Gasteiger partial charge in [0.05, 0.1) is 44.7 Å². The summed E-state index contributed by atoms with van der Waals surface area (Å²) >= 11 is 0. The topological polar surface area (TPSA) is 105 Å². The first-order valence-corrected chi connectivity index (χ1v) is 11.5. The van der Waals surface area contributed by atoms with Crippen LogP contribution in [0.5, 0.6) is 0 Å². The van der Waals surface area contributed by atoms with Crippen LogP contribution in [-0.4, -0.2) is 46.6 Å². The molecule has 0 aromatic carbocycles. The van der Waals surface area contributed by atoms with E-state index in [0.717, 1.165) is 24.8 Å². The maximum absolute atomic E-state index is 14.4. The van der Waals surface area contributed by atoms with Gasteiger partial charge in [-0.15, -0.1) is 0 Å². The summed E-state index contributed by atoms with van der Waals surface area (Å²) < 4.78 is 66.6. The Morgan fingerprint density at radius 2 is 2.14 bits per heavy atom. The molecule has 1 amide bonds. The molecule has 2 fully saturated rings. The summed E-state index contributed by atoms with van der Waals surface area (Å²) in [7, 11) is 0. The van der Waals surface area contributed by atoms with E-state index >= 15 is 0 Å². The highest BCUT2D eigenvalue weighted by atomic mass is 19.4. The summed E-state index contributed by atoms with van der Waals surface area (Å²) in [6, 6.07) is 0. The van der Waals surface area contributed by atoms with Crippen molar-refractivity contribution in [2.45, 2.75) is 56.5 Å². The Morgan fingerprint density at radius 1 is 1.29 bits per heavy atom. The summed E-state index contributed by atoms with van der Waals surface area (Å²) in [6.07, 6.45) is 2.37. The maximum atomic E-state index is 14.4. The number of oxazole rings is 1. The first kappa shape index (κ1) is 22.4. The van der Waals surface area contributed by atoms with Gasteiger partial charge >= 0.3 is 6.18 Å². The number of carbonyl (C=O) groups excluding carboxylic acids is 1. The third-order valence-electron chi connectivity index (χ3n) is 7.01. The van der Waals surface area contributed by atoms with Gasteiger partial charge in [0, 0.05) is 23.6 Å². The maximum Gasteiger partial charge on any atom is 0.420 e. The lowest BCUT2D eigenvalue weighted by molar-refractivity contribution is -0.137. The van der Waals surface area contributed by atoms with Crippen LogP contribution < -0.4 is 5.32 Å². The fourth-order valence-electron chi connectivity index (χ4n) is 5.25. The number of hydrogen-bond acceptors (Lipinski definition) is 7. The molecule has 1 atom stereocenters. The Balaban J connectivity index is 1.40. The fraction of sp³-hybridized carbons (Fsp3) is 0.522. The van der Waals surface area contributed by atoms with Gasteiger partial charge in [-0.25, -0.2) is 4.98 Å². The van der Waals surface area contributed by atoms with Crippen LogP contribution in [0.25, 0.3) is 11.3 Å². The molecule has 1 saturated heterocycles. The second-order valence-corrected chi connectivity index (χ2v) is 9.20. The van der Waals surface area contributed by atoms with Gasteiger partial charge in [-0.2, -0.15) is 18.3 Å². The molecule has 35 heavy (non-hydrogen) atoms. The molecule has 1 aliphatic heterocycles. The zero-order chi connectivity index (χ0) is 24.2. The number of furan rings is 1. The van der Waals surface area contributed by atoms with Crippen molar-refractivity contribution in [2.75, 3.05) is 19.8 Å². The van der Waals surface area contributed by atoms with Gasteiger partial charge in [0.15, 0.2) is 0 Å². The van der Waals surface area contributed by atoms with Crippen molar-refractivity contribution in [3.63, 3.8) is 0 Å². The highest BCUT2D eigenvalue weighted by molar-refractivity contribution is 5.96. The van der Waals surface area contributed by atoms with Crippen molar-refractivity contribution in [3.8, 4) is 11.3 Å². The molecule has 6 rings (SSSR count). The number of amides is 1. The average molecular weight is 492 g/mol. The van der Waals surface area contributed by atoms with Crippen molar-refractivity contribution >= 4 is 5.91 Å². The van der Waals surface area contributed by atoms with Crippen molar-refractivity contribution in [3.05, 3.63) is 47.2 Å². The highest BCUT2D eigenvalue weighted by Gasteiger charge is 2.52. The van der Waals surface area contributed by atoms with E-state index in [1.807, 2.05) is 6.20 Å². The molecule has 3 aromatic heterocycles. The first-order chi connectivity index (χ1) is 16.8. The van der Waals surface area contributed by atoms with Crippen LogP contribution in [0.1, 0.15) is 52.6 Å². The van der Waals surface area contributed by atoms with Gasteiger partial charge in [-0.05, 0) is 12.8 Å². The Bertz CT molecular complexity index is 1240. The van der Waals surface area contributed by atoms with Crippen LogP contribution in [0.4, 0.5) is 13.2 Å². The van der Waals surface area contributed by atoms with Crippen molar-refractivity contribution < 1.29 is 36.3 Å². The van der Waals surface area contributed by atoms with E-state index in [4.69, 9.17) is 18.3 Å². The smallest absolute Gasteiger partial charge is 0.420 e. The number of fused-ring (bicyclic) bond motifs is 4. The minimum absolute atomic E-state index is 0.147. The molecule has 12 heteroatoms. The number of ether oxygens (including phenoxy) is 2. The molecule has 0 bridgehead atoms. The Kier molecular flexibility index (Phi) is 5.26. The minimum atomic E-state index is -4.82. The molecule has 4 heterocycles. The number of aromatic nitrogens is 3. The number of carbonyl (C=O) groups is 1.